The molecule has 2 N–H and O–H groups in total. The molecule has 0 aliphatic carbocycles. The molecule has 0 aromatic heterocycles. The van der Waals surface area contributed by atoms with Gasteiger partial charge in [0, 0.05) is 18.7 Å². The number of nitrogens with one attached hydrogen (secondary N) is 1. The van der Waals surface area contributed by atoms with Crippen LogP contribution in [0.1, 0.15) is 40.0 Å². The van der Waals surface area contributed by atoms with E-state index in [0.717, 1.165) is 39.0 Å². The van der Waals surface area contributed by atoms with Crippen LogP contribution in [0.4, 0.5) is 0 Å². The zero-order valence-electron chi connectivity index (χ0n) is 12.8. The minimum absolute atomic E-state index is 0.120. The number of unbranched alkanes of at least 4 members (excludes halogenated alkanes) is 1. The lowest BCUT2D eigenvalue weighted by atomic mass is 9.95. The standard InChI is InChI=1S/C14H32N2O2/c1-6-15-14(3,12-17)9-7-8-10-16(4)13(2)11-18-5/h13,15,17H,6-12H2,1-5H3. The number of methoxy groups -OCH3 is 1. The topological polar surface area (TPSA) is 44.7 Å². The molecule has 0 amide bonds. The lowest BCUT2D eigenvalue weighted by Gasteiger charge is -2.29. The van der Waals surface area contributed by atoms with Gasteiger partial charge in [-0.2, -0.15) is 0 Å². The normalized spacial score (nSPS) is 16.8. The first-order valence-corrected chi connectivity index (χ1v) is 7.04. The summed E-state index contributed by atoms with van der Waals surface area (Å²) in [5.41, 5.74) is -0.120. The molecule has 0 rings (SSSR count). The molecular weight excluding hydrogens is 228 g/mol. The van der Waals surface area contributed by atoms with Crippen molar-refractivity contribution >= 4 is 0 Å². The van der Waals surface area contributed by atoms with E-state index < -0.39 is 0 Å². The van der Waals surface area contributed by atoms with E-state index in [-0.39, 0.29) is 12.1 Å². The van der Waals surface area contributed by atoms with Gasteiger partial charge in [0.25, 0.3) is 0 Å². The molecule has 4 heteroatoms. The Morgan fingerprint density at radius 3 is 2.56 bits per heavy atom. The Bertz CT molecular complexity index is 202. The first-order valence-electron chi connectivity index (χ1n) is 7.04. The molecule has 2 atom stereocenters. The molecule has 0 heterocycles. The first-order chi connectivity index (χ1) is 8.49. The van der Waals surface area contributed by atoms with Gasteiger partial charge in [0.2, 0.25) is 0 Å². The highest BCUT2D eigenvalue weighted by Gasteiger charge is 2.21. The van der Waals surface area contributed by atoms with E-state index >= 15 is 0 Å². The van der Waals surface area contributed by atoms with Gasteiger partial charge in [-0.3, -0.25) is 0 Å². The van der Waals surface area contributed by atoms with E-state index in [9.17, 15) is 5.11 Å². The van der Waals surface area contributed by atoms with Crippen LogP contribution >= 0.6 is 0 Å². The molecule has 4 nitrogen and oxygen atoms in total. The van der Waals surface area contributed by atoms with Gasteiger partial charge < -0.3 is 20.1 Å². The maximum absolute atomic E-state index is 9.39. The lowest BCUT2D eigenvalue weighted by Crippen LogP contribution is -2.45. The predicted octanol–water partition coefficient (Wildman–Crippen LogP) is 1.48. The third kappa shape index (κ3) is 7.31. The van der Waals surface area contributed by atoms with Crippen LogP contribution in [0.5, 0.6) is 0 Å². The van der Waals surface area contributed by atoms with Gasteiger partial charge >= 0.3 is 0 Å². The zero-order chi connectivity index (χ0) is 14.0. The number of hydrogen-bond donors (Lipinski definition) is 2. The molecule has 0 aliphatic heterocycles. The fourth-order valence-corrected chi connectivity index (χ4v) is 2.12. The van der Waals surface area contributed by atoms with Gasteiger partial charge in [-0.05, 0) is 46.8 Å². The number of hydrogen-bond acceptors (Lipinski definition) is 4. The van der Waals surface area contributed by atoms with Crippen LogP contribution in [0, 0.1) is 0 Å². The van der Waals surface area contributed by atoms with Crippen molar-refractivity contribution in [3.8, 4) is 0 Å². The maximum Gasteiger partial charge on any atom is 0.0615 e. The Morgan fingerprint density at radius 2 is 2.06 bits per heavy atom. The van der Waals surface area contributed by atoms with E-state index in [1.165, 1.54) is 0 Å². The predicted molar refractivity (Wildman–Crippen MR) is 77.0 cm³/mol. The Labute approximate surface area is 113 Å². The summed E-state index contributed by atoms with van der Waals surface area (Å²) in [5.74, 6) is 0. The van der Waals surface area contributed by atoms with E-state index in [1.54, 1.807) is 7.11 Å². The van der Waals surface area contributed by atoms with E-state index in [4.69, 9.17) is 4.74 Å². The number of rotatable bonds is 11. The molecule has 0 fully saturated rings. The van der Waals surface area contributed by atoms with Gasteiger partial charge in [0.05, 0.1) is 13.2 Å². The van der Waals surface area contributed by atoms with Crippen molar-refractivity contribution in [3.63, 3.8) is 0 Å². The Kier molecular flexibility index (Phi) is 9.64. The molecule has 0 aromatic rings. The molecule has 0 bridgehead atoms. The minimum atomic E-state index is -0.120. The summed E-state index contributed by atoms with van der Waals surface area (Å²) in [7, 11) is 3.88. The molecule has 0 saturated heterocycles. The molecule has 0 aliphatic rings. The van der Waals surface area contributed by atoms with E-state index in [0.29, 0.717) is 6.04 Å². The Morgan fingerprint density at radius 1 is 1.39 bits per heavy atom. The molecule has 0 aromatic carbocycles. The fraction of sp³-hybridized carbons (Fsp3) is 1.00. The summed E-state index contributed by atoms with van der Waals surface area (Å²) in [6.07, 6.45) is 3.31. The fourth-order valence-electron chi connectivity index (χ4n) is 2.12. The number of likely N-dealkylation sites (N-methyl/N-ethyl adjacent to an activating group) is 2. The summed E-state index contributed by atoms with van der Waals surface area (Å²) in [6, 6.07) is 0.466. The van der Waals surface area contributed by atoms with Crippen molar-refractivity contribution in [2.45, 2.75) is 51.6 Å². The monoisotopic (exact) mass is 260 g/mol. The zero-order valence-corrected chi connectivity index (χ0v) is 12.8. The molecule has 18 heavy (non-hydrogen) atoms. The van der Waals surface area contributed by atoms with E-state index in [2.05, 4.69) is 38.0 Å². The summed E-state index contributed by atoms with van der Waals surface area (Å²) in [5, 5.41) is 12.7. The van der Waals surface area contributed by atoms with Crippen LogP contribution in [-0.4, -0.2) is 62.0 Å². The third-order valence-corrected chi connectivity index (χ3v) is 3.60. The molecule has 2 unspecified atom stereocenters. The SMILES string of the molecule is CCNC(C)(CO)CCCCN(C)C(C)COC. The van der Waals surface area contributed by atoms with Crippen molar-refractivity contribution in [2.75, 3.05) is 40.5 Å². The first kappa shape index (κ1) is 17.8. The second-order valence-corrected chi connectivity index (χ2v) is 5.49. The quantitative estimate of drug-likeness (QED) is 0.552. The summed E-state index contributed by atoms with van der Waals surface area (Å²) in [6.45, 7) is 9.32. The van der Waals surface area contributed by atoms with Gasteiger partial charge in [-0.15, -0.1) is 0 Å². The Balaban J connectivity index is 3.77. The second kappa shape index (κ2) is 9.73. The number of aliphatic hydroxyl groups excluding tert-OH is 1. The van der Waals surface area contributed by atoms with Crippen LogP contribution in [0.3, 0.4) is 0 Å². The summed E-state index contributed by atoms with van der Waals surface area (Å²) < 4.78 is 5.15. The van der Waals surface area contributed by atoms with Crippen LogP contribution < -0.4 is 5.32 Å². The maximum atomic E-state index is 9.39. The molecular formula is C14H32N2O2. The number of ether oxygens (including phenoxy) is 1. The van der Waals surface area contributed by atoms with Crippen molar-refractivity contribution in [1.82, 2.24) is 10.2 Å². The second-order valence-electron chi connectivity index (χ2n) is 5.49. The van der Waals surface area contributed by atoms with Crippen LogP contribution in [0.25, 0.3) is 0 Å². The smallest absolute Gasteiger partial charge is 0.0615 e. The molecule has 0 saturated carbocycles. The van der Waals surface area contributed by atoms with Gasteiger partial charge in [-0.1, -0.05) is 13.3 Å². The highest BCUT2D eigenvalue weighted by molar-refractivity contribution is 4.81. The van der Waals surface area contributed by atoms with Crippen LogP contribution in [-0.2, 0) is 4.74 Å². The average Bonchev–Trinajstić information content (AvgIpc) is 2.35. The average molecular weight is 260 g/mol. The van der Waals surface area contributed by atoms with Gasteiger partial charge in [0.15, 0.2) is 0 Å². The van der Waals surface area contributed by atoms with Crippen LogP contribution in [0.2, 0.25) is 0 Å². The summed E-state index contributed by atoms with van der Waals surface area (Å²) in [4.78, 5) is 2.33. The van der Waals surface area contributed by atoms with E-state index in [1.807, 2.05) is 0 Å². The van der Waals surface area contributed by atoms with Crippen LogP contribution in [0.15, 0.2) is 0 Å². The molecule has 110 valence electrons. The van der Waals surface area contributed by atoms with Gasteiger partial charge in [0.1, 0.15) is 0 Å². The van der Waals surface area contributed by atoms with Crippen molar-refractivity contribution in [2.24, 2.45) is 0 Å². The van der Waals surface area contributed by atoms with Crippen molar-refractivity contribution in [1.29, 1.82) is 0 Å². The van der Waals surface area contributed by atoms with Crippen molar-refractivity contribution in [3.05, 3.63) is 0 Å². The largest absolute Gasteiger partial charge is 0.394 e. The minimum Gasteiger partial charge on any atom is -0.394 e. The molecule has 0 spiro atoms. The lowest BCUT2D eigenvalue weighted by molar-refractivity contribution is 0.113. The third-order valence-electron chi connectivity index (χ3n) is 3.60. The number of aliphatic hydroxyl groups is 1. The highest BCUT2D eigenvalue weighted by Crippen LogP contribution is 2.13. The summed E-state index contributed by atoms with van der Waals surface area (Å²) >= 11 is 0. The van der Waals surface area contributed by atoms with Gasteiger partial charge in [-0.25, -0.2) is 0 Å². The number of nitrogens with zero attached hydrogens (tertiary/aromatic N) is 1. The highest BCUT2D eigenvalue weighted by atomic mass is 16.5. The van der Waals surface area contributed by atoms with Crippen molar-refractivity contribution < 1.29 is 9.84 Å². The Hall–Kier alpha value is -0.160. The molecule has 0 radical (unpaired) electrons.